The van der Waals surface area contributed by atoms with Crippen molar-refractivity contribution in [3.63, 3.8) is 0 Å². The first kappa shape index (κ1) is 27.9. The molecule has 1 amide bonds. The Kier molecular flexibility index (Phi) is 7.73. The van der Waals surface area contributed by atoms with Crippen LogP contribution in [0.25, 0.3) is 17.2 Å². The molecule has 5 rings (SSSR count). The number of hydrogen-bond donors (Lipinski definition) is 3. The predicted molar refractivity (Wildman–Crippen MR) is 164 cm³/mol. The molecular weight excluding hydrogens is 521 g/mol. The molecular formula is C31H34BN3O4S. The maximum Gasteiger partial charge on any atom is 0.492 e. The summed E-state index contributed by atoms with van der Waals surface area (Å²) in [5.74, 6) is -0.0138. The number of nitrogens with one attached hydrogen (secondary N) is 2. The van der Waals surface area contributed by atoms with Gasteiger partial charge in [-0.3, -0.25) is 0 Å². The van der Waals surface area contributed by atoms with Crippen molar-refractivity contribution in [1.82, 2.24) is 5.32 Å². The van der Waals surface area contributed by atoms with Crippen LogP contribution < -0.4 is 16.4 Å². The van der Waals surface area contributed by atoms with Crippen LogP contribution in [0.3, 0.4) is 0 Å². The topological polar surface area (TPSA) is 94.8 Å². The first-order chi connectivity index (χ1) is 19.0. The fourth-order valence-corrected chi connectivity index (χ4v) is 5.20. The maximum absolute atomic E-state index is 12.9. The monoisotopic (exact) mass is 555 g/mol. The second kappa shape index (κ2) is 11.1. The Bertz CT molecular complexity index is 1410. The molecule has 3 aromatic carbocycles. The molecule has 1 fully saturated rings. The van der Waals surface area contributed by atoms with Crippen LogP contribution in [0.4, 0.5) is 10.5 Å². The number of rotatable bonds is 7. The highest BCUT2D eigenvalue weighted by Gasteiger charge is 2.52. The molecule has 4 N–H and O–H groups in total. The van der Waals surface area contributed by atoms with Crippen molar-refractivity contribution in [2.45, 2.75) is 44.8 Å². The van der Waals surface area contributed by atoms with Gasteiger partial charge in [0.2, 0.25) is 0 Å². The molecule has 1 saturated heterocycles. The van der Waals surface area contributed by atoms with Crippen molar-refractivity contribution >= 4 is 42.3 Å². The minimum Gasteiger partial charge on any atom is -0.449 e. The average Bonchev–Trinajstić information content (AvgIpc) is 3.34. The Morgan fingerprint density at radius 2 is 1.57 bits per heavy atom. The Morgan fingerprint density at radius 1 is 0.975 bits per heavy atom. The number of anilines is 1. The predicted octanol–water partition coefficient (Wildman–Crippen LogP) is 5.90. The minimum atomic E-state index is -0.647. The number of fused-ring (bicyclic) bond motifs is 3. The third kappa shape index (κ3) is 5.77. The van der Waals surface area contributed by atoms with E-state index in [1.807, 2.05) is 82.3 Å². The molecule has 0 unspecified atom stereocenters. The molecule has 206 valence electrons. The van der Waals surface area contributed by atoms with E-state index in [0.717, 1.165) is 16.7 Å². The smallest absolute Gasteiger partial charge is 0.449 e. The van der Waals surface area contributed by atoms with Crippen LogP contribution in [0.15, 0.2) is 78.3 Å². The zero-order valence-electron chi connectivity index (χ0n) is 23.2. The van der Waals surface area contributed by atoms with Crippen LogP contribution in [-0.4, -0.2) is 42.7 Å². The molecule has 0 bridgehead atoms. The van der Waals surface area contributed by atoms with Gasteiger partial charge in [-0.15, -0.1) is 0 Å². The highest BCUT2D eigenvalue weighted by molar-refractivity contribution is 7.80. The molecule has 0 atom stereocenters. The minimum absolute atomic E-state index is 0.0138. The third-order valence-corrected chi connectivity index (χ3v) is 7.94. The number of carbonyl (C=O) groups is 1. The van der Waals surface area contributed by atoms with E-state index < -0.39 is 24.4 Å². The lowest BCUT2D eigenvalue weighted by Crippen LogP contribution is -2.41. The largest absolute Gasteiger partial charge is 0.492 e. The van der Waals surface area contributed by atoms with Crippen molar-refractivity contribution in [1.29, 1.82) is 0 Å². The molecule has 0 spiro atoms. The van der Waals surface area contributed by atoms with Gasteiger partial charge in [-0.1, -0.05) is 66.7 Å². The van der Waals surface area contributed by atoms with Crippen molar-refractivity contribution in [3.05, 3.63) is 95.0 Å². The second-order valence-electron chi connectivity index (χ2n) is 11.1. The Morgan fingerprint density at radius 3 is 2.17 bits per heavy atom. The zero-order valence-corrected chi connectivity index (χ0v) is 24.0. The van der Waals surface area contributed by atoms with Gasteiger partial charge in [0.15, 0.2) is 5.11 Å². The normalized spacial score (nSPS) is 17.2. The number of thiocarbonyl (C=S) groups is 1. The fourth-order valence-electron chi connectivity index (χ4n) is 5.08. The maximum atomic E-state index is 12.9. The average molecular weight is 556 g/mol. The summed E-state index contributed by atoms with van der Waals surface area (Å²) in [6.45, 7) is 8.40. The van der Waals surface area contributed by atoms with Gasteiger partial charge < -0.3 is 30.4 Å². The summed E-state index contributed by atoms with van der Waals surface area (Å²) in [6, 6.07) is 24.2. The zero-order chi connectivity index (χ0) is 28.5. The van der Waals surface area contributed by atoms with E-state index in [-0.39, 0.29) is 24.2 Å². The van der Waals surface area contributed by atoms with E-state index in [1.165, 1.54) is 22.3 Å². The number of hydrogen-bond acceptors (Lipinski definition) is 5. The lowest BCUT2D eigenvalue weighted by Gasteiger charge is -2.32. The number of alkyl carbamates (subject to hydrolysis) is 1. The van der Waals surface area contributed by atoms with E-state index in [0.29, 0.717) is 0 Å². The van der Waals surface area contributed by atoms with Crippen LogP contribution in [-0.2, 0) is 14.0 Å². The molecule has 7 nitrogen and oxygen atoms in total. The number of benzene rings is 3. The molecule has 2 aliphatic rings. The molecule has 9 heteroatoms. The number of amides is 1. The van der Waals surface area contributed by atoms with Crippen LogP contribution in [0, 0.1) is 0 Å². The lowest BCUT2D eigenvalue weighted by atomic mass is 9.77. The van der Waals surface area contributed by atoms with Crippen molar-refractivity contribution in [3.8, 4) is 11.1 Å². The summed E-state index contributed by atoms with van der Waals surface area (Å²) in [5, 5.41) is 6.04. The summed E-state index contributed by atoms with van der Waals surface area (Å²) in [6.07, 6.45) is 1.43. The SMILES string of the molecule is CC1(C)OB(C(=Cc2cccc(NC(N)=S)c2)CNC(=O)OCC2c3ccccc3-c3ccccc32)OC1(C)C. The van der Waals surface area contributed by atoms with Gasteiger partial charge in [0.25, 0.3) is 0 Å². The van der Waals surface area contributed by atoms with Crippen LogP contribution in [0.2, 0.25) is 0 Å². The van der Waals surface area contributed by atoms with E-state index in [1.54, 1.807) is 0 Å². The number of ether oxygens (including phenoxy) is 1. The van der Waals surface area contributed by atoms with E-state index in [2.05, 4.69) is 34.9 Å². The van der Waals surface area contributed by atoms with E-state index >= 15 is 0 Å². The van der Waals surface area contributed by atoms with Gasteiger partial charge in [-0.25, -0.2) is 4.79 Å². The number of nitrogens with two attached hydrogens (primary N) is 1. The molecule has 1 aliphatic heterocycles. The van der Waals surface area contributed by atoms with E-state index in [4.69, 9.17) is 32.0 Å². The van der Waals surface area contributed by atoms with Crippen LogP contribution >= 0.6 is 12.2 Å². The summed E-state index contributed by atoms with van der Waals surface area (Å²) < 4.78 is 18.4. The molecule has 0 saturated carbocycles. The van der Waals surface area contributed by atoms with Gasteiger partial charge in [0.05, 0.1) is 11.2 Å². The first-order valence-corrected chi connectivity index (χ1v) is 13.8. The van der Waals surface area contributed by atoms with Gasteiger partial charge in [-0.2, -0.15) is 0 Å². The van der Waals surface area contributed by atoms with Crippen LogP contribution in [0.1, 0.15) is 50.3 Å². The van der Waals surface area contributed by atoms with Gasteiger partial charge in [-0.05, 0) is 85.3 Å². The van der Waals surface area contributed by atoms with Gasteiger partial charge >= 0.3 is 13.2 Å². The Labute approximate surface area is 241 Å². The Hall–Kier alpha value is -3.66. The second-order valence-corrected chi connectivity index (χ2v) is 11.5. The van der Waals surface area contributed by atoms with Crippen molar-refractivity contribution in [2.75, 3.05) is 18.5 Å². The quantitative estimate of drug-likeness (QED) is 0.247. The number of carbonyl (C=O) groups excluding carboxylic acids is 1. The summed E-state index contributed by atoms with van der Waals surface area (Å²) in [4.78, 5) is 12.9. The highest BCUT2D eigenvalue weighted by atomic mass is 32.1. The standard InChI is InChI=1S/C31H34BN3O4S/c1-30(2)31(3,4)39-32(38-30)21(16-20-10-9-11-22(17-20)35-28(33)40)18-34-29(36)37-19-27-25-14-7-5-12-23(25)24-13-6-8-15-26(24)27/h5-17,27H,18-19H2,1-4H3,(H,34,36)(H3,33,35,40). The highest BCUT2D eigenvalue weighted by Crippen LogP contribution is 2.44. The summed E-state index contributed by atoms with van der Waals surface area (Å²) in [7, 11) is -0.647. The first-order valence-electron chi connectivity index (χ1n) is 13.4. The molecule has 1 aliphatic carbocycles. The van der Waals surface area contributed by atoms with Crippen LogP contribution in [0.5, 0.6) is 0 Å². The van der Waals surface area contributed by atoms with Gasteiger partial charge in [0.1, 0.15) is 6.61 Å². The molecule has 0 aromatic heterocycles. The molecule has 0 radical (unpaired) electrons. The molecule has 1 heterocycles. The lowest BCUT2D eigenvalue weighted by molar-refractivity contribution is 0.00578. The fraction of sp³-hybridized carbons (Fsp3) is 0.290. The van der Waals surface area contributed by atoms with Crippen molar-refractivity contribution in [2.24, 2.45) is 5.73 Å². The third-order valence-electron chi connectivity index (χ3n) is 7.84. The molecule has 3 aromatic rings. The van der Waals surface area contributed by atoms with Crippen molar-refractivity contribution < 1.29 is 18.8 Å². The summed E-state index contributed by atoms with van der Waals surface area (Å²) >= 11 is 4.97. The van der Waals surface area contributed by atoms with Gasteiger partial charge in [0, 0.05) is 18.2 Å². The molecule has 40 heavy (non-hydrogen) atoms. The van der Waals surface area contributed by atoms with E-state index in [9.17, 15) is 4.79 Å². The Balaban J connectivity index is 1.31. The summed E-state index contributed by atoms with van der Waals surface area (Å²) in [5.41, 5.74) is 11.7.